The molecular weight excluding hydrogens is 364 g/mol. The highest BCUT2D eigenvalue weighted by Crippen LogP contribution is 2.16. The zero-order chi connectivity index (χ0) is 20.8. The van der Waals surface area contributed by atoms with Gasteiger partial charge in [-0.1, -0.05) is 49.7 Å². The van der Waals surface area contributed by atoms with E-state index >= 15 is 0 Å². The summed E-state index contributed by atoms with van der Waals surface area (Å²) in [4.78, 5) is 32.2. The van der Waals surface area contributed by atoms with E-state index in [9.17, 15) is 9.59 Å². The van der Waals surface area contributed by atoms with Gasteiger partial charge in [0.2, 0.25) is 5.82 Å². The fraction of sp³-hybridized carbons (Fsp3) is 0.348. The summed E-state index contributed by atoms with van der Waals surface area (Å²) in [6, 6.07) is 13.5. The molecule has 0 unspecified atom stereocenters. The van der Waals surface area contributed by atoms with Crippen LogP contribution in [0.3, 0.4) is 0 Å². The van der Waals surface area contributed by atoms with Crippen molar-refractivity contribution in [3.05, 3.63) is 71.3 Å². The number of imidazole rings is 1. The lowest BCUT2D eigenvalue weighted by Gasteiger charge is -2.20. The Morgan fingerprint density at radius 2 is 1.83 bits per heavy atom. The largest absolute Gasteiger partial charge is 0.347 e. The number of amides is 2. The van der Waals surface area contributed by atoms with Crippen LogP contribution in [0, 0.1) is 6.92 Å². The molecule has 6 heteroatoms. The van der Waals surface area contributed by atoms with E-state index in [1.165, 1.54) is 0 Å². The van der Waals surface area contributed by atoms with Crippen LogP contribution in [0.15, 0.2) is 48.7 Å². The minimum atomic E-state index is -0.285. The third-order valence-corrected chi connectivity index (χ3v) is 4.76. The molecule has 1 N–H and O–H groups in total. The van der Waals surface area contributed by atoms with E-state index in [4.69, 9.17) is 0 Å². The number of nitrogens with zero attached hydrogens (tertiary/aromatic N) is 3. The normalized spacial score (nSPS) is 10.9. The molecule has 3 rings (SSSR count). The Morgan fingerprint density at radius 1 is 1.07 bits per heavy atom. The van der Waals surface area contributed by atoms with Crippen LogP contribution in [0.2, 0.25) is 0 Å². The van der Waals surface area contributed by atoms with Crippen LogP contribution in [-0.4, -0.2) is 39.2 Å². The predicted octanol–water partition coefficient (Wildman–Crippen LogP) is 3.83. The van der Waals surface area contributed by atoms with Crippen molar-refractivity contribution in [2.75, 3.05) is 13.1 Å². The SMILES string of the molecule is CCCN(CCC)C(=O)c1nc(C(=O)NCc2cccc(C)c2)c2ccccn12. The van der Waals surface area contributed by atoms with E-state index in [0.29, 0.717) is 25.2 Å². The molecular formula is C23H28N4O2. The molecule has 0 atom stereocenters. The lowest BCUT2D eigenvalue weighted by molar-refractivity contribution is 0.0742. The molecule has 152 valence electrons. The number of hydrogen-bond acceptors (Lipinski definition) is 3. The maximum atomic E-state index is 13.1. The topological polar surface area (TPSA) is 66.7 Å². The van der Waals surface area contributed by atoms with Gasteiger partial charge in [-0.15, -0.1) is 0 Å². The molecule has 2 aromatic heterocycles. The second-order valence-corrected chi connectivity index (χ2v) is 7.20. The van der Waals surface area contributed by atoms with Crippen molar-refractivity contribution < 1.29 is 9.59 Å². The molecule has 0 bridgehead atoms. The molecule has 29 heavy (non-hydrogen) atoms. The van der Waals surface area contributed by atoms with Gasteiger partial charge in [-0.25, -0.2) is 4.98 Å². The second-order valence-electron chi connectivity index (χ2n) is 7.20. The lowest BCUT2D eigenvalue weighted by Crippen LogP contribution is -2.33. The van der Waals surface area contributed by atoms with Crippen molar-refractivity contribution in [2.45, 2.75) is 40.2 Å². The van der Waals surface area contributed by atoms with Crippen molar-refractivity contribution in [3.8, 4) is 0 Å². The highest BCUT2D eigenvalue weighted by Gasteiger charge is 2.24. The van der Waals surface area contributed by atoms with Crippen LogP contribution in [0.25, 0.3) is 5.52 Å². The summed E-state index contributed by atoms with van der Waals surface area (Å²) >= 11 is 0. The third kappa shape index (κ3) is 4.65. The average molecular weight is 393 g/mol. The summed E-state index contributed by atoms with van der Waals surface area (Å²) in [6.45, 7) is 7.86. The molecule has 2 amide bonds. The zero-order valence-corrected chi connectivity index (χ0v) is 17.3. The first-order valence-corrected chi connectivity index (χ1v) is 10.1. The van der Waals surface area contributed by atoms with Gasteiger partial charge in [0.25, 0.3) is 11.8 Å². The molecule has 0 aliphatic carbocycles. The number of nitrogens with one attached hydrogen (secondary N) is 1. The van der Waals surface area contributed by atoms with Crippen molar-refractivity contribution in [3.63, 3.8) is 0 Å². The Kier molecular flexibility index (Phi) is 6.65. The Labute approximate surface area is 171 Å². The molecule has 0 fully saturated rings. The van der Waals surface area contributed by atoms with Crippen LogP contribution < -0.4 is 5.32 Å². The summed E-state index contributed by atoms with van der Waals surface area (Å²) < 4.78 is 1.71. The van der Waals surface area contributed by atoms with Gasteiger partial charge in [-0.3, -0.25) is 14.0 Å². The van der Waals surface area contributed by atoms with Gasteiger partial charge < -0.3 is 10.2 Å². The lowest BCUT2D eigenvalue weighted by atomic mass is 10.1. The van der Waals surface area contributed by atoms with Gasteiger partial charge in [-0.05, 0) is 37.5 Å². The number of carbonyl (C=O) groups excluding carboxylic acids is 2. The highest BCUT2D eigenvalue weighted by atomic mass is 16.2. The summed E-state index contributed by atoms with van der Waals surface area (Å²) in [5.41, 5.74) is 3.07. The smallest absolute Gasteiger partial charge is 0.290 e. The first kappa shape index (κ1) is 20.6. The van der Waals surface area contributed by atoms with E-state index in [1.54, 1.807) is 15.5 Å². The van der Waals surface area contributed by atoms with Crippen LogP contribution in [0.5, 0.6) is 0 Å². The fourth-order valence-electron chi connectivity index (χ4n) is 3.44. The van der Waals surface area contributed by atoms with E-state index in [2.05, 4.69) is 10.3 Å². The van der Waals surface area contributed by atoms with Gasteiger partial charge >= 0.3 is 0 Å². The third-order valence-electron chi connectivity index (χ3n) is 4.76. The predicted molar refractivity (Wildman–Crippen MR) is 114 cm³/mol. The molecule has 1 aromatic carbocycles. The summed E-state index contributed by atoms with van der Waals surface area (Å²) in [5, 5.41) is 2.93. The Morgan fingerprint density at radius 3 is 2.52 bits per heavy atom. The number of hydrogen-bond donors (Lipinski definition) is 1. The van der Waals surface area contributed by atoms with Gasteiger partial charge in [0.05, 0.1) is 5.52 Å². The van der Waals surface area contributed by atoms with E-state index in [0.717, 1.165) is 24.0 Å². The molecule has 0 aliphatic rings. The van der Waals surface area contributed by atoms with Gasteiger partial charge in [0.15, 0.2) is 5.69 Å². The van der Waals surface area contributed by atoms with E-state index in [1.807, 2.05) is 63.2 Å². The first-order chi connectivity index (χ1) is 14.0. The second kappa shape index (κ2) is 9.37. The molecule has 0 saturated carbocycles. The molecule has 6 nitrogen and oxygen atoms in total. The average Bonchev–Trinajstić information content (AvgIpc) is 3.11. The van der Waals surface area contributed by atoms with Gasteiger partial charge in [0.1, 0.15) is 0 Å². The minimum absolute atomic E-state index is 0.146. The number of pyridine rings is 1. The van der Waals surface area contributed by atoms with Crippen LogP contribution >= 0.6 is 0 Å². The van der Waals surface area contributed by atoms with Gasteiger partial charge in [0, 0.05) is 25.8 Å². The van der Waals surface area contributed by atoms with Crippen molar-refractivity contribution in [1.82, 2.24) is 19.6 Å². The van der Waals surface area contributed by atoms with Crippen molar-refractivity contribution in [1.29, 1.82) is 0 Å². The zero-order valence-electron chi connectivity index (χ0n) is 17.3. The monoisotopic (exact) mass is 392 g/mol. The number of fused-ring (bicyclic) bond motifs is 1. The van der Waals surface area contributed by atoms with Crippen molar-refractivity contribution >= 4 is 17.3 Å². The summed E-state index contributed by atoms with van der Waals surface area (Å²) in [6.07, 6.45) is 3.53. The molecule has 0 aliphatic heterocycles. The summed E-state index contributed by atoms with van der Waals surface area (Å²) in [7, 11) is 0. The Hall–Kier alpha value is -3.15. The van der Waals surface area contributed by atoms with Crippen LogP contribution in [-0.2, 0) is 6.54 Å². The number of aromatic nitrogens is 2. The van der Waals surface area contributed by atoms with E-state index in [-0.39, 0.29) is 23.3 Å². The van der Waals surface area contributed by atoms with Crippen LogP contribution in [0.4, 0.5) is 0 Å². The Balaban J connectivity index is 1.88. The van der Waals surface area contributed by atoms with Gasteiger partial charge in [-0.2, -0.15) is 0 Å². The number of rotatable bonds is 8. The summed E-state index contributed by atoms with van der Waals surface area (Å²) in [5.74, 6) is -0.150. The fourth-order valence-corrected chi connectivity index (χ4v) is 3.44. The maximum Gasteiger partial charge on any atom is 0.290 e. The maximum absolute atomic E-state index is 13.1. The van der Waals surface area contributed by atoms with Crippen LogP contribution in [0.1, 0.15) is 58.9 Å². The van der Waals surface area contributed by atoms with Crippen molar-refractivity contribution in [2.24, 2.45) is 0 Å². The number of benzene rings is 1. The molecule has 0 spiro atoms. The van der Waals surface area contributed by atoms with E-state index < -0.39 is 0 Å². The first-order valence-electron chi connectivity index (χ1n) is 10.1. The quantitative estimate of drug-likeness (QED) is 0.633. The number of carbonyl (C=O) groups is 2. The minimum Gasteiger partial charge on any atom is -0.347 e. The standard InChI is InChI=1S/C23H28N4O2/c1-4-12-26(13-5-2)23(29)21-25-20(19-11-6-7-14-27(19)21)22(28)24-16-18-10-8-9-17(3)15-18/h6-11,14-15H,4-5,12-13,16H2,1-3H3,(H,24,28). The molecule has 0 radical (unpaired) electrons. The molecule has 0 saturated heterocycles. The highest BCUT2D eigenvalue weighted by molar-refractivity contribution is 6.02. The molecule has 3 aromatic rings. The number of aryl methyl sites for hydroxylation is 1. The Bertz CT molecular complexity index is 1000. The molecule has 2 heterocycles.